The van der Waals surface area contributed by atoms with E-state index in [1.54, 1.807) is 0 Å². The van der Waals surface area contributed by atoms with Crippen LogP contribution in [0.4, 0.5) is 0 Å². The number of carbonyl (C=O) groups excluding carboxylic acids is 1. The van der Waals surface area contributed by atoms with Gasteiger partial charge in [0.25, 0.3) is 0 Å². The second-order valence-corrected chi connectivity index (χ2v) is 8.04. The van der Waals surface area contributed by atoms with Crippen LogP contribution in [0.25, 0.3) is 16.7 Å². The molecule has 7 heteroatoms. The van der Waals surface area contributed by atoms with Gasteiger partial charge in [0.1, 0.15) is 0 Å². The average molecular weight is 406 g/mol. The molecule has 29 heavy (non-hydrogen) atoms. The fourth-order valence-electron chi connectivity index (χ4n) is 3.34. The minimum Gasteiger partial charge on any atom is -0.349 e. The largest absolute Gasteiger partial charge is 0.349 e. The molecule has 0 aliphatic rings. The molecular weight excluding hydrogens is 382 g/mol. The van der Waals surface area contributed by atoms with Gasteiger partial charge in [-0.2, -0.15) is 5.10 Å². The first-order valence-electron chi connectivity index (χ1n) is 9.50. The molecule has 2 heterocycles. The number of fused-ring (bicyclic) bond motifs is 1. The molecule has 6 nitrogen and oxygen atoms in total. The van der Waals surface area contributed by atoms with E-state index in [2.05, 4.69) is 26.4 Å². The highest BCUT2D eigenvalue weighted by molar-refractivity contribution is 7.99. The van der Waals surface area contributed by atoms with E-state index >= 15 is 0 Å². The minimum absolute atomic E-state index is 0.0361. The summed E-state index contributed by atoms with van der Waals surface area (Å²) >= 11 is 1.40. The summed E-state index contributed by atoms with van der Waals surface area (Å²) in [4.78, 5) is 20.3. The summed E-state index contributed by atoms with van der Waals surface area (Å²) in [7, 11) is 0. The third-order valence-corrected chi connectivity index (χ3v) is 5.72. The van der Waals surface area contributed by atoms with Crippen molar-refractivity contribution in [1.29, 1.82) is 0 Å². The number of amides is 1. The van der Waals surface area contributed by atoms with E-state index in [1.807, 2.05) is 74.1 Å². The first-order valence-corrected chi connectivity index (χ1v) is 10.5. The minimum atomic E-state index is -0.126. The molecule has 0 bridgehead atoms. The van der Waals surface area contributed by atoms with Crippen molar-refractivity contribution in [3.63, 3.8) is 0 Å². The number of hydrogen-bond acceptors (Lipinski definition) is 4. The normalized spacial score (nSPS) is 12.2. The number of nitrogens with one attached hydrogen (secondary N) is 2. The molecule has 4 rings (SSSR count). The first-order chi connectivity index (χ1) is 14.0. The molecule has 0 aliphatic carbocycles. The number of aryl methyl sites for hydroxylation is 1. The Morgan fingerprint density at radius 2 is 2.00 bits per heavy atom. The molecule has 0 unspecified atom stereocenters. The lowest BCUT2D eigenvalue weighted by Crippen LogP contribution is -2.28. The van der Waals surface area contributed by atoms with E-state index in [9.17, 15) is 4.79 Å². The molecule has 0 saturated heterocycles. The highest BCUT2D eigenvalue weighted by atomic mass is 32.2. The number of benzene rings is 2. The van der Waals surface area contributed by atoms with Crippen LogP contribution >= 0.6 is 11.8 Å². The molecule has 2 aromatic carbocycles. The quantitative estimate of drug-likeness (QED) is 0.468. The maximum atomic E-state index is 12.5. The lowest BCUT2D eigenvalue weighted by atomic mass is 10.1. The van der Waals surface area contributed by atoms with Crippen molar-refractivity contribution in [3.05, 3.63) is 71.5 Å². The summed E-state index contributed by atoms with van der Waals surface area (Å²) < 4.78 is 1.89. The van der Waals surface area contributed by atoms with Crippen molar-refractivity contribution in [1.82, 2.24) is 25.1 Å². The molecule has 1 amide bonds. The summed E-state index contributed by atoms with van der Waals surface area (Å²) in [5.74, 6) is 0.264. The van der Waals surface area contributed by atoms with Crippen LogP contribution < -0.4 is 5.32 Å². The third-order valence-electron chi connectivity index (χ3n) is 4.85. The van der Waals surface area contributed by atoms with Gasteiger partial charge in [0.2, 0.25) is 5.91 Å². The van der Waals surface area contributed by atoms with E-state index in [0.29, 0.717) is 5.75 Å². The van der Waals surface area contributed by atoms with Crippen molar-refractivity contribution in [2.24, 2.45) is 0 Å². The first kappa shape index (κ1) is 19.3. The van der Waals surface area contributed by atoms with Gasteiger partial charge in [0, 0.05) is 11.3 Å². The highest BCUT2D eigenvalue weighted by Gasteiger charge is 2.17. The Labute approximate surface area is 173 Å². The number of rotatable bonds is 6. The Morgan fingerprint density at radius 1 is 1.21 bits per heavy atom. The topological polar surface area (TPSA) is 75.6 Å². The molecule has 2 aromatic heterocycles. The molecule has 0 fully saturated rings. The molecule has 0 aliphatic heterocycles. The number of aromatic amines is 1. The zero-order chi connectivity index (χ0) is 20.4. The zero-order valence-electron chi connectivity index (χ0n) is 16.6. The monoisotopic (exact) mass is 405 g/mol. The fourth-order valence-corrected chi connectivity index (χ4v) is 4.04. The molecule has 0 saturated carbocycles. The van der Waals surface area contributed by atoms with Crippen LogP contribution in [0.2, 0.25) is 0 Å². The molecule has 4 aromatic rings. The second-order valence-electron chi connectivity index (χ2n) is 7.07. The summed E-state index contributed by atoms with van der Waals surface area (Å²) in [6.45, 7) is 6.04. The Morgan fingerprint density at radius 3 is 2.79 bits per heavy atom. The number of imidazole rings is 1. The number of nitrogens with zero attached hydrogens (tertiary/aromatic N) is 3. The van der Waals surface area contributed by atoms with Crippen molar-refractivity contribution < 1.29 is 4.79 Å². The van der Waals surface area contributed by atoms with Gasteiger partial charge in [-0.25, -0.2) is 9.67 Å². The van der Waals surface area contributed by atoms with Crippen molar-refractivity contribution >= 4 is 28.7 Å². The van der Waals surface area contributed by atoms with Crippen molar-refractivity contribution in [2.75, 3.05) is 5.75 Å². The average Bonchev–Trinajstić information content (AvgIpc) is 3.29. The number of thioether (sulfide) groups is 1. The van der Waals surface area contributed by atoms with Gasteiger partial charge in [-0.15, -0.1) is 0 Å². The molecule has 0 spiro atoms. The predicted molar refractivity (Wildman–Crippen MR) is 116 cm³/mol. The van der Waals surface area contributed by atoms with Crippen LogP contribution in [0.1, 0.15) is 29.8 Å². The van der Waals surface area contributed by atoms with Gasteiger partial charge in [-0.3, -0.25) is 4.79 Å². The number of carbonyl (C=O) groups is 1. The van der Waals surface area contributed by atoms with Crippen LogP contribution in [0.5, 0.6) is 0 Å². The van der Waals surface area contributed by atoms with E-state index in [1.165, 1.54) is 17.3 Å². The second kappa shape index (κ2) is 8.13. The Hall–Kier alpha value is -3.06. The predicted octanol–water partition coefficient (Wildman–Crippen LogP) is 4.33. The number of H-pyrrole nitrogens is 1. The summed E-state index contributed by atoms with van der Waals surface area (Å²) in [6.07, 6.45) is 1.82. The van der Waals surface area contributed by atoms with Crippen molar-refractivity contribution in [2.45, 2.75) is 32.0 Å². The van der Waals surface area contributed by atoms with Gasteiger partial charge in [0.05, 0.1) is 34.7 Å². The summed E-state index contributed by atoms with van der Waals surface area (Å²) in [5, 5.41) is 8.30. The van der Waals surface area contributed by atoms with Crippen LogP contribution in [-0.2, 0) is 4.79 Å². The Balaban J connectivity index is 1.38. The van der Waals surface area contributed by atoms with Crippen LogP contribution in [0, 0.1) is 13.8 Å². The smallest absolute Gasteiger partial charge is 0.230 e. The van der Waals surface area contributed by atoms with E-state index in [4.69, 9.17) is 0 Å². The fraction of sp³-hybridized carbons (Fsp3) is 0.227. The molecule has 148 valence electrons. The summed E-state index contributed by atoms with van der Waals surface area (Å²) in [6, 6.07) is 15.9. The third kappa shape index (κ3) is 4.19. The van der Waals surface area contributed by atoms with Crippen LogP contribution in [0.15, 0.2) is 59.9 Å². The van der Waals surface area contributed by atoms with Crippen LogP contribution in [-0.4, -0.2) is 31.4 Å². The number of para-hydroxylation sites is 1. The summed E-state index contributed by atoms with van der Waals surface area (Å²) in [5.41, 5.74) is 6.11. The molecule has 2 N–H and O–H groups in total. The van der Waals surface area contributed by atoms with Gasteiger partial charge < -0.3 is 10.3 Å². The number of hydrogen-bond donors (Lipinski definition) is 2. The standard InChI is InChI=1S/C22H23N5OS/c1-14-9-10-19-20(11-14)26-22(25-19)29-13-21(28)24-15(2)18-12-23-27(16(18)3)17-7-5-4-6-8-17/h4-12,15H,13H2,1-3H3,(H,24,28)(H,25,26)/t15-/m1/s1. The maximum absolute atomic E-state index is 12.5. The van der Waals surface area contributed by atoms with Gasteiger partial charge in [0.15, 0.2) is 5.16 Å². The SMILES string of the molecule is Cc1ccc2nc(SCC(=O)N[C@H](C)c3cnn(-c4ccccc4)c3C)[nH]c2c1. The van der Waals surface area contributed by atoms with Gasteiger partial charge in [-0.1, -0.05) is 36.0 Å². The lowest BCUT2D eigenvalue weighted by molar-refractivity contribution is -0.119. The van der Waals surface area contributed by atoms with E-state index in [-0.39, 0.29) is 11.9 Å². The molecular formula is C22H23N5OS. The maximum Gasteiger partial charge on any atom is 0.230 e. The van der Waals surface area contributed by atoms with Crippen molar-refractivity contribution in [3.8, 4) is 5.69 Å². The van der Waals surface area contributed by atoms with Gasteiger partial charge >= 0.3 is 0 Å². The zero-order valence-corrected chi connectivity index (χ0v) is 17.5. The molecule has 0 radical (unpaired) electrons. The van der Waals surface area contributed by atoms with E-state index < -0.39 is 0 Å². The highest BCUT2D eigenvalue weighted by Crippen LogP contribution is 2.22. The van der Waals surface area contributed by atoms with Gasteiger partial charge in [-0.05, 0) is 50.6 Å². The molecule has 1 atom stereocenters. The number of aromatic nitrogens is 4. The Kier molecular flexibility index (Phi) is 5.40. The van der Waals surface area contributed by atoms with E-state index in [0.717, 1.165) is 33.1 Å². The lowest BCUT2D eigenvalue weighted by Gasteiger charge is -2.14. The Bertz CT molecular complexity index is 1150. The van der Waals surface area contributed by atoms with Crippen LogP contribution in [0.3, 0.4) is 0 Å².